The van der Waals surface area contributed by atoms with E-state index in [9.17, 15) is 0 Å². The summed E-state index contributed by atoms with van der Waals surface area (Å²) in [6.45, 7) is 23.6. The maximum atomic E-state index is 2.43. The molecule has 0 radical (unpaired) electrons. The Balaban J connectivity index is 0. The van der Waals surface area contributed by atoms with E-state index in [0.29, 0.717) is 5.41 Å². The van der Waals surface area contributed by atoms with Gasteiger partial charge in [0.15, 0.2) is 0 Å². The molecule has 0 aromatic carbocycles. The average Bonchev–Trinajstić information content (AvgIpc) is 2.60. The summed E-state index contributed by atoms with van der Waals surface area (Å²) in [4.78, 5) is 0. The second-order valence-electron chi connectivity index (χ2n) is 10.8. The van der Waals surface area contributed by atoms with Crippen LogP contribution in [0.1, 0.15) is 153 Å². The van der Waals surface area contributed by atoms with Gasteiger partial charge in [-0.1, -0.05) is 146 Å². The predicted molar refractivity (Wildman–Crippen MR) is 133 cm³/mol. The van der Waals surface area contributed by atoms with Crippen molar-refractivity contribution < 1.29 is 0 Å². The number of rotatable bonds is 15. The first-order chi connectivity index (χ1) is 13.2. The fourth-order valence-electron chi connectivity index (χ4n) is 5.18. The van der Waals surface area contributed by atoms with Crippen LogP contribution in [0.2, 0.25) is 0 Å². The zero-order chi connectivity index (χ0) is 22.0. The highest BCUT2D eigenvalue weighted by Gasteiger charge is 2.31. The first-order valence-corrected chi connectivity index (χ1v) is 13.2. The maximum Gasteiger partial charge on any atom is -0.0352 e. The fourth-order valence-corrected chi connectivity index (χ4v) is 5.18. The topological polar surface area (TPSA) is 0 Å². The normalized spacial score (nSPS) is 12.2. The van der Waals surface area contributed by atoms with Crippen LogP contribution in [0.25, 0.3) is 0 Å². The van der Waals surface area contributed by atoms with Gasteiger partial charge in [-0.05, 0) is 35.5 Å². The Morgan fingerprint density at radius 2 is 0.786 bits per heavy atom. The molecule has 0 aromatic heterocycles. The summed E-state index contributed by atoms with van der Waals surface area (Å²) >= 11 is 0. The van der Waals surface area contributed by atoms with Gasteiger partial charge in [0.25, 0.3) is 0 Å². The average molecular weight is 397 g/mol. The second kappa shape index (κ2) is 19.0. The smallest absolute Gasteiger partial charge is 0.0352 e. The minimum absolute atomic E-state index is 0.476. The molecule has 0 amide bonds. The monoisotopic (exact) mass is 396 g/mol. The molecular weight excluding hydrogens is 336 g/mol. The first kappa shape index (κ1) is 30.2. The van der Waals surface area contributed by atoms with E-state index >= 15 is 0 Å². The van der Waals surface area contributed by atoms with Gasteiger partial charge in [0.1, 0.15) is 0 Å². The van der Waals surface area contributed by atoms with Crippen LogP contribution < -0.4 is 0 Å². The van der Waals surface area contributed by atoms with Crippen LogP contribution in [-0.4, -0.2) is 0 Å². The molecule has 0 heterocycles. The highest BCUT2D eigenvalue weighted by Crippen LogP contribution is 2.41. The Bertz CT molecular complexity index is 264. The Kier molecular flexibility index (Phi) is 20.5. The lowest BCUT2D eigenvalue weighted by molar-refractivity contribution is 0.124. The van der Waals surface area contributed by atoms with Crippen LogP contribution in [0.15, 0.2) is 0 Å². The zero-order valence-corrected chi connectivity index (χ0v) is 22.0. The molecule has 0 aliphatic carbocycles. The summed E-state index contributed by atoms with van der Waals surface area (Å²) < 4.78 is 0. The lowest BCUT2D eigenvalue weighted by Gasteiger charge is -2.38. The number of hydrogen-bond acceptors (Lipinski definition) is 0. The van der Waals surface area contributed by atoms with Crippen LogP contribution in [0.4, 0.5) is 0 Å². The molecule has 0 nitrogen and oxygen atoms in total. The van der Waals surface area contributed by atoms with E-state index in [-0.39, 0.29) is 0 Å². The largest absolute Gasteiger partial charge is 0.0654 e. The lowest BCUT2D eigenvalue weighted by atomic mass is 9.67. The highest BCUT2D eigenvalue weighted by molar-refractivity contribution is 4.81. The Morgan fingerprint density at radius 1 is 0.500 bits per heavy atom. The third kappa shape index (κ3) is 16.9. The molecule has 0 aliphatic rings. The molecule has 0 saturated heterocycles. The van der Waals surface area contributed by atoms with Crippen LogP contribution in [0, 0.1) is 29.1 Å². The van der Waals surface area contributed by atoms with Crippen molar-refractivity contribution in [1.29, 1.82) is 0 Å². The molecule has 0 saturated carbocycles. The fraction of sp³-hybridized carbons (Fsp3) is 1.00. The molecular formula is C28H60. The molecule has 172 valence electrons. The van der Waals surface area contributed by atoms with Crippen molar-refractivity contribution in [3.8, 4) is 0 Å². The molecule has 0 aromatic rings. The van der Waals surface area contributed by atoms with Crippen LogP contribution in [0.3, 0.4) is 0 Å². The van der Waals surface area contributed by atoms with Crippen molar-refractivity contribution >= 4 is 0 Å². The quantitative estimate of drug-likeness (QED) is 0.258. The number of hydrogen-bond donors (Lipinski definition) is 0. The molecule has 0 heteroatoms. The van der Waals surface area contributed by atoms with E-state index in [1.165, 1.54) is 83.5 Å². The van der Waals surface area contributed by atoms with Crippen molar-refractivity contribution in [2.75, 3.05) is 0 Å². The second-order valence-corrected chi connectivity index (χ2v) is 10.8. The van der Waals surface area contributed by atoms with Crippen LogP contribution >= 0.6 is 0 Å². The van der Waals surface area contributed by atoms with Gasteiger partial charge in [-0.2, -0.15) is 0 Å². The summed E-state index contributed by atoms with van der Waals surface area (Å²) in [5.74, 6) is 3.85. The Labute approximate surface area is 182 Å². The summed E-state index contributed by atoms with van der Waals surface area (Å²) in [7, 11) is 0. The van der Waals surface area contributed by atoms with E-state index in [1.807, 2.05) is 0 Å². The van der Waals surface area contributed by atoms with E-state index in [4.69, 9.17) is 0 Å². The summed E-state index contributed by atoms with van der Waals surface area (Å²) in [5, 5.41) is 0. The van der Waals surface area contributed by atoms with Crippen LogP contribution in [-0.2, 0) is 0 Å². The maximum absolute atomic E-state index is 2.43. The summed E-state index contributed by atoms with van der Waals surface area (Å²) in [6.07, 6.45) is 18.1. The third-order valence-corrected chi connectivity index (χ3v) is 6.26. The Morgan fingerprint density at radius 3 is 1.00 bits per heavy atom. The van der Waals surface area contributed by atoms with Gasteiger partial charge >= 0.3 is 0 Å². The molecule has 0 spiro atoms. The van der Waals surface area contributed by atoms with Gasteiger partial charge in [-0.25, -0.2) is 0 Å². The summed E-state index contributed by atoms with van der Waals surface area (Å²) in [5.41, 5.74) is 0.476. The summed E-state index contributed by atoms with van der Waals surface area (Å²) in [6, 6.07) is 0. The van der Waals surface area contributed by atoms with Gasteiger partial charge in [-0.3, -0.25) is 0 Å². The van der Waals surface area contributed by atoms with Crippen molar-refractivity contribution in [1.82, 2.24) is 0 Å². The van der Waals surface area contributed by atoms with Gasteiger partial charge in [0.2, 0.25) is 0 Å². The van der Waals surface area contributed by atoms with E-state index in [0.717, 1.165) is 23.7 Å². The van der Waals surface area contributed by atoms with Gasteiger partial charge < -0.3 is 0 Å². The van der Waals surface area contributed by atoms with Crippen molar-refractivity contribution in [2.45, 2.75) is 153 Å². The molecule has 0 N–H and O–H groups in total. The van der Waals surface area contributed by atoms with E-state index < -0.39 is 0 Å². The third-order valence-electron chi connectivity index (χ3n) is 6.26. The standard InChI is InChI=1S/C20H42.C8H18/c1-8-12-17(13-9-2)19(16-20(5,6)7)18(14-10-3)15-11-4;1-4-6-8(3)7-5-2/h17-19H,8-16H2,1-7H3;8H,4-7H2,1-3H3. The lowest BCUT2D eigenvalue weighted by Crippen LogP contribution is -2.28. The predicted octanol–water partition coefficient (Wildman–Crippen LogP) is 10.7. The van der Waals surface area contributed by atoms with Gasteiger partial charge in [0, 0.05) is 0 Å². The molecule has 0 aliphatic heterocycles. The van der Waals surface area contributed by atoms with Crippen molar-refractivity contribution in [2.24, 2.45) is 29.1 Å². The Hall–Kier alpha value is 0. The molecule has 0 rings (SSSR count). The first-order valence-electron chi connectivity index (χ1n) is 13.2. The van der Waals surface area contributed by atoms with Gasteiger partial charge in [0.05, 0.1) is 0 Å². The van der Waals surface area contributed by atoms with E-state index in [1.54, 1.807) is 0 Å². The van der Waals surface area contributed by atoms with Crippen molar-refractivity contribution in [3.63, 3.8) is 0 Å². The van der Waals surface area contributed by atoms with Crippen LogP contribution in [0.5, 0.6) is 0 Å². The molecule has 28 heavy (non-hydrogen) atoms. The van der Waals surface area contributed by atoms with E-state index in [2.05, 4.69) is 69.2 Å². The molecule has 0 unspecified atom stereocenters. The van der Waals surface area contributed by atoms with Crippen molar-refractivity contribution in [3.05, 3.63) is 0 Å². The minimum Gasteiger partial charge on any atom is -0.0654 e. The van der Waals surface area contributed by atoms with Gasteiger partial charge in [-0.15, -0.1) is 0 Å². The molecule has 0 fully saturated rings. The molecule has 0 atom stereocenters. The zero-order valence-electron chi connectivity index (χ0n) is 22.0. The minimum atomic E-state index is 0.476. The SMILES string of the molecule is CCCC(C)CCC.CCCC(CCC)C(CC(C)(C)C)C(CCC)CCC. The highest BCUT2D eigenvalue weighted by atomic mass is 14.4. The molecule has 0 bridgehead atoms.